The van der Waals surface area contributed by atoms with Crippen molar-refractivity contribution in [1.29, 1.82) is 0 Å². The van der Waals surface area contributed by atoms with Crippen LogP contribution in [0.15, 0.2) is 152 Å². The Hall–Kier alpha value is -5.96. The Bertz CT molecular complexity index is 2920. The van der Waals surface area contributed by atoms with Crippen molar-refractivity contribution in [3.05, 3.63) is 186 Å². The summed E-state index contributed by atoms with van der Waals surface area (Å²) in [5, 5.41) is 2.23. The van der Waals surface area contributed by atoms with Crippen molar-refractivity contribution >= 4 is 68.0 Å². The van der Waals surface area contributed by atoms with Gasteiger partial charge in [-0.25, -0.2) is 4.98 Å². The van der Waals surface area contributed by atoms with E-state index in [1.165, 1.54) is 49.6 Å². The fourth-order valence-electron chi connectivity index (χ4n) is 9.17. The third-order valence-electron chi connectivity index (χ3n) is 11.6. The van der Waals surface area contributed by atoms with Crippen molar-refractivity contribution < 1.29 is 25.8 Å². The van der Waals surface area contributed by atoms with Crippen LogP contribution in [0.25, 0.3) is 38.9 Å². The number of fused-ring (bicyclic) bond motifs is 5. The van der Waals surface area contributed by atoms with Crippen molar-refractivity contribution in [3.8, 4) is 28.6 Å². The number of pyridine rings is 2. The van der Waals surface area contributed by atoms with Crippen LogP contribution in [0.3, 0.4) is 0 Å². The minimum absolute atomic E-state index is 0. The van der Waals surface area contributed by atoms with Crippen molar-refractivity contribution in [2.45, 2.75) is 27.7 Å². The molecule has 10 rings (SSSR count). The topological polar surface area (TPSA) is 39.9 Å². The summed E-state index contributed by atoms with van der Waals surface area (Å²) < 4.78 is 9.43. The van der Waals surface area contributed by atoms with Gasteiger partial charge in [0.05, 0.1) is 0 Å². The number of benzene rings is 6. The van der Waals surface area contributed by atoms with Crippen LogP contribution >= 0.6 is 0 Å². The summed E-state index contributed by atoms with van der Waals surface area (Å²) in [5.41, 5.74) is 16.2. The minimum Gasteiger partial charge on any atom is -0.503 e. The quantitative estimate of drug-likeness (QED) is 0.131. The summed E-state index contributed by atoms with van der Waals surface area (Å²) >= 11 is 0. The van der Waals surface area contributed by atoms with Gasteiger partial charge < -0.3 is 14.3 Å². The Morgan fingerprint density at radius 2 is 1.14 bits per heavy atom. The van der Waals surface area contributed by atoms with E-state index in [1.54, 1.807) is 0 Å². The van der Waals surface area contributed by atoms with E-state index in [1.807, 2.05) is 48.8 Å². The van der Waals surface area contributed by atoms with Gasteiger partial charge in [-0.1, -0.05) is 153 Å². The Balaban J connectivity index is 0.00000422. The molecule has 0 saturated carbocycles. The molecular weight excluding hydrogens is 875 g/mol. The maximum Gasteiger partial charge on any atom is 2.00 e. The van der Waals surface area contributed by atoms with Crippen LogP contribution in [0.2, 0.25) is 0 Å². The number of hydrogen-bond acceptors (Lipinski definition) is 3. The average Bonchev–Trinajstić information content (AvgIpc) is 3.55. The number of ether oxygens (including phenoxy) is 1. The number of rotatable bonds is 6. The summed E-state index contributed by atoms with van der Waals surface area (Å²) in [7, 11) is 0. The first-order chi connectivity index (χ1) is 27.5. The molecule has 0 unspecified atom stereocenters. The first-order valence-electron chi connectivity index (χ1n) is 19.2. The number of aromatic nitrogens is 3. The van der Waals surface area contributed by atoms with Crippen LogP contribution in [0, 0.1) is 39.8 Å². The number of aryl methyl sites for hydroxylation is 4. The average molecular weight is 913 g/mol. The van der Waals surface area contributed by atoms with Crippen molar-refractivity contribution in [2.75, 3.05) is 0 Å². The van der Waals surface area contributed by atoms with Gasteiger partial charge in [0.2, 0.25) is 6.71 Å². The molecule has 57 heavy (non-hydrogen) atoms. The van der Waals surface area contributed by atoms with Crippen LogP contribution in [0.4, 0.5) is 0 Å². The van der Waals surface area contributed by atoms with Crippen molar-refractivity contribution in [1.82, 2.24) is 14.5 Å². The minimum atomic E-state index is -0.101. The van der Waals surface area contributed by atoms with E-state index in [-0.39, 0.29) is 34.5 Å². The number of hydrogen-bond donors (Lipinski definition) is 0. The maximum atomic E-state index is 7.25. The molecule has 4 heterocycles. The SMILES string of the molecule is Cc1cccc(C)c1B1c2ccccc2B(c2c(C)cccc2C)c2c(Oc3[c-]c4c(cc3)c3ccccc3n4-c3ccccn3)[c-]c(-c3ccccn3)cc21.[Pt+2]. The molecule has 0 saturated heterocycles. The molecule has 7 heteroatoms. The Kier molecular flexibility index (Phi) is 9.55. The Labute approximate surface area is 349 Å². The second kappa shape index (κ2) is 14.8. The molecule has 274 valence electrons. The van der Waals surface area contributed by atoms with Gasteiger partial charge in [-0.2, -0.15) is 11.5 Å². The van der Waals surface area contributed by atoms with Gasteiger partial charge in [-0.05, 0) is 63.0 Å². The molecular formula is C50H37B2N3OPt. The van der Waals surface area contributed by atoms with Gasteiger partial charge in [-0.15, -0.1) is 34.6 Å². The molecule has 1 aliphatic heterocycles. The molecule has 0 radical (unpaired) electrons. The van der Waals surface area contributed by atoms with E-state index in [0.29, 0.717) is 11.5 Å². The van der Waals surface area contributed by atoms with E-state index in [2.05, 4.69) is 148 Å². The largest absolute Gasteiger partial charge is 2.00 e. The van der Waals surface area contributed by atoms with Gasteiger partial charge >= 0.3 is 21.1 Å². The van der Waals surface area contributed by atoms with E-state index >= 15 is 0 Å². The van der Waals surface area contributed by atoms with E-state index in [4.69, 9.17) is 14.7 Å². The zero-order chi connectivity index (χ0) is 37.9. The van der Waals surface area contributed by atoms with Crippen molar-refractivity contribution in [3.63, 3.8) is 0 Å². The third kappa shape index (κ3) is 6.15. The third-order valence-corrected chi connectivity index (χ3v) is 11.6. The van der Waals surface area contributed by atoms with E-state index in [9.17, 15) is 0 Å². The van der Waals surface area contributed by atoms with Gasteiger partial charge in [0.15, 0.2) is 6.71 Å². The molecule has 0 atom stereocenters. The second-order valence-electron chi connectivity index (χ2n) is 14.9. The van der Waals surface area contributed by atoms with Gasteiger partial charge in [-0.3, -0.25) is 0 Å². The molecule has 3 aromatic heterocycles. The summed E-state index contributed by atoms with van der Waals surface area (Å²) in [6.45, 7) is 8.79. The molecule has 4 nitrogen and oxygen atoms in total. The summed E-state index contributed by atoms with van der Waals surface area (Å²) in [5.74, 6) is 2.12. The Morgan fingerprint density at radius 1 is 0.526 bits per heavy atom. The number of nitrogens with zero attached hydrogens (tertiary/aromatic N) is 3. The first kappa shape index (κ1) is 36.7. The smallest absolute Gasteiger partial charge is 0.503 e. The van der Waals surface area contributed by atoms with Crippen LogP contribution in [0.1, 0.15) is 22.3 Å². The van der Waals surface area contributed by atoms with Crippen LogP contribution < -0.4 is 37.5 Å². The fourth-order valence-corrected chi connectivity index (χ4v) is 9.17. The predicted octanol–water partition coefficient (Wildman–Crippen LogP) is 7.21. The molecule has 0 aliphatic carbocycles. The van der Waals surface area contributed by atoms with Crippen LogP contribution in [0.5, 0.6) is 11.5 Å². The first-order valence-corrected chi connectivity index (χ1v) is 19.2. The maximum absolute atomic E-state index is 7.25. The molecule has 0 N–H and O–H groups in total. The molecule has 0 spiro atoms. The van der Waals surface area contributed by atoms with Crippen LogP contribution in [-0.2, 0) is 21.1 Å². The van der Waals surface area contributed by atoms with Gasteiger partial charge in [0.1, 0.15) is 5.82 Å². The summed E-state index contributed by atoms with van der Waals surface area (Å²) in [6, 6.07) is 56.8. The second-order valence-corrected chi connectivity index (χ2v) is 14.9. The van der Waals surface area contributed by atoms with Crippen LogP contribution in [-0.4, -0.2) is 28.0 Å². The standard InChI is InChI=1S/C50H37B2N3O.Pt/c1-32-15-13-16-33(2)48(32)51-40-20-6-7-21-41(40)52(49-34(3)17-14-18-35(49)4)50-42(51)29-36(43-22-9-11-27-53-43)30-46(50)56-37-25-26-39-38-19-5-8-23-44(38)55(45(39)31-37)47-24-10-12-28-54-47;/h5-29H,1-4H3;/q-2;+2. The molecule has 0 amide bonds. The fraction of sp³-hybridized carbons (Fsp3) is 0.0800. The molecule has 0 fully saturated rings. The zero-order valence-electron chi connectivity index (χ0n) is 32.2. The van der Waals surface area contributed by atoms with Gasteiger partial charge in [0.25, 0.3) is 0 Å². The summed E-state index contributed by atoms with van der Waals surface area (Å²) in [4.78, 5) is 9.59. The van der Waals surface area contributed by atoms with E-state index < -0.39 is 0 Å². The zero-order valence-corrected chi connectivity index (χ0v) is 34.4. The van der Waals surface area contributed by atoms with Gasteiger partial charge in [0, 0.05) is 29.4 Å². The van der Waals surface area contributed by atoms with E-state index in [0.717, 1.165) is 44.3 Å². The Morgan fingerprint density at radius 3 is 1.81 bits per heavy atom. The molecule has 0 bridgehead atoms. The predicted molar refractivity (Wildman–Crippen MR) is 234 cm³/mol. The van der Waals surface area contributed by atoms with Crippen molar-refractivity contribution in [2.24, 2.45) is 0 Å². The summed E-state index contributed by atoms with van der Waals surface area (Å²) in [6.07, 6.45) is 3.68. The molecule has 1 aliphatic rings. The molecule has 6 aromatic carbocycles. The normalized spacial score (nSPS) is 12.0. The number of para-hydroxylation sites is 1. The monoisotopic (exact) mass is 912 g/mol. The molecule has 9 aromatic rings.